The van der Waals surface area contributed by atoms with Crippen molar-refractivity contribution in [2.24, 2.45) is 0 Å². The van der Waals surface area contributed by atoms with Crippen LogP contribution in [-0.4, -0.2) is 22.0 Å². The fourth-order valence-corrected chi connectivity index (χ4v) is 3.37. The fraction of sp³-hybridized carbons (Fsp3) is 0.316. The summed E-state index contributed by atoms with van der Waals surface area (Å²) in [6.45, 7) is 3.92. The Morgan fingerprint density at radius 2 is 2.00 bits per heavy atom. The van der Waals surface area contributed by atoms with Gasteiger partial charge in [0.15, 0.2) is 0 Å². The zero-order valence-electron chi connectivity index (χ0n) is 14.8. The number of benzene rings is 1. The summed E-state index contributed by atoms with van der Waals surface area (Å²) in [4.78, 5) is 29.3. The smallest absolute Gasteiger partial charge is 0.239 e. The number of hydrogen-bond acceptors (Lipinski definition) is 4. The van der Waals surface area contributed by atoms with Gasteiger partial charge < -0.3 is 10.6 Å². The molecule has 7 heteroatoms. The molecule has 0 aliphatic carbocycles. The molecular formula is C19H22ClN3O2S. The average Bonchev–Trinajstić information content (AvgIpc) is 2.62. The van der Waals surface area contributed by atoms with Crippen LogP contribution in [0.4, 0.5) is 11.5 Å². The van der Waals surface area contributed by atoms with Gasteiger partial charge in [0.05, 0.1) is 10.3 Å². The summed E-state index contributed by atoms with van der Waals surface area (Å²) in [6.07, 6.45) is 3.45. The minimum atomic E-state index is -0.269. The van der Waals surface area contributed by atoms with Gasteiger partial charge in [-0.2, -0.15) is 0 Å². The molecule has 0 fully saturated rings. The Kier molecular flexibility index (Phi) is 7.94. The molecule has 0 aliphatic heterocycles. The van der Waals surface area contributed by atoms with Crippen molar-refractivity contribution in [3.8, 4) is 0 Å². The lowest BCUT2D eigenvalue weighted by Gasteiger charge is -2.15. The fourth-order valence-electron chi connectivity index (χ4n) is 2.24. The summed E-state index contributed by atoms with van der Waals surface area (Å²) in [6, 6.07) is 10.9. The Hall–Kier alpha value is -2.05. The highest BCUT2D eigenvalue weighted by atomic mass is 35.5. The lowest BCUT2D eigenvalue weighted by Crippen LogP contribution is -2.25. The van der Waals surface area contributed by atoms with E-state index in [1.54, 1.807) is 12.1 Å². The highest BCUT2D eigenvalue weighted by molar-refractivity contribution is 8.00. The molecule has 0 aliphatic rings. The second-order valence-corrected chi connectivity index (χ2v) is 7.40. The van der Waals surface area contributed by atoms with E-state index < -0.39 is 0 Å². The Balaban J connectivity index is 2.01. The Morgan fingerprint density at radius 1 is 1.19 bits per heavy atom. The van der Waals surface area contributed by atoms with Gasteiger partial charge in [0, 0.05) is 23.2 Å². The van der Waals surface area contributed by atoms with E-state index in [9.17, 15) is 9.59 Å². The molecule has 1 aromatic carbocycles. The van der Waals surface area contributed by atoms with E-state index in [-0.39, 0.29) is 17.1 Å². The van der Waals surface area contributed by atoms with E-state index in [2.05, 4.69) is 15.6 Å². The van der Waals surface area contributed by atoms with Crippen molar-refractivity contribution in [1.29, 1.82) is 0 Å². The second kappa shape index (κ2) is 10.2. The topological polar surface area (TPSA) is 71.1 Å². The maximum absolute atomic E-state index is 12.5. The number of carbonyl (C=O) groups excluding carboxylic acids is 2. The van der Waals surface area contributed by atoms with Gasteiger partial charge in [-0.15, -0.1) is 11.8 Å². The molecule has 0 bridgehead atoms. The van der Waals surface area contributed by atoms with Crippen LogP contribution < -0.4 is 10.6 Å². The van der Waals surface area contributed by atoms with Crippen LogP contribution in [0, 0.1) is 0 Å². The van der Waals surface area contributed by atoms with Crippen LogP contribution in [0.2, 0.25) is 5.02 Å². The lowest BCUT2D eigenvalue weighted by atomic mass is 10.3. The van der Waals surface area contributed by atoms with Crippen LogP contribution in [0.1, 0.15) is 33.1 Å². The van der Waals surface area contributed by atoms with Crippen molar-refractivity contribution in [2.75, 3.05) is 10.6 Å². The molecule has 0 radical (unpaired) electrons. The number of anilines is 2. The molecule has 0 saturated carbocycles. The van der Waals surface area contributed by atoms with Gasteiger partial charge in [0.2, 0.25) is 11.8 Å². The monoisotopic (exact) mass is 391 g/mol. The summed E-state index contributed by atoms with van der Waals surface area (Å²) in [5.41, 5.74) is 0.739. The van der Waals surface area contributed by atoms with Crippen LogP contribution >= 0.6 is 23.4 Å². The van der Waals surface area contributed by atoms with E-state index in [0.29, 0.717) is 23.7 Å². The summed E-state index contributed by atoms with van der Waals surface area (Å²) in [5.74, 6) is 0.347. The number of pyridine rings is 1. The first-order valence-corrected chi connectivity index (χ1v) is 9.76. The Labute approximate surface area is 162 Å². The molecule has 5 nitrogen and oxygen atoms in total. The maximum atomic E-state index is 12.5. The first-order chi connectivity index (χ1) is 12.5. The molecule has 0 spiro atoms. The summed E-state index contributed by atoms with van der Waals surface area (Å²) in [5, 5.41) is 5.93. The number of hydrogen-bond donors (Lipinski definition) is 2. The molecule has 2 aromatic rings. The molecule has 1 atom stereocenters. The Morgan fingerprint density at radius 3 is 2.65 bits per heavy atom. The van der Waals surface area contributed by atoms with Gasteiger partial charge in [-0.25, -0.2) is 4.98 Å². The van der Waals surface area contributed by atoms with E-state index in [1.165, 1.54) is 18.0 Å². The van der Waals surface area contributed by atoms with Crippen LogP contribution in [0.25, 0.3) is 0 Å². The molecule has 0 saturated heterocycles. The first kappa shape index (κ1) is 20.3. The van der Waals surface area contributed by atoms with Gasteiger partial charge in [-0.05, 0) is 43.2 Å². The maximum Gasteiger partial charge on any atom is 0.239 e. The molecule has 26 heavy (non-hydrogen) atoms. The zero-order chi connectivity index (χ0) is 18.9. The number of amides is 2. The third-order valence-corrected chi connectivity index (χ3v) is 5.10. The molecule has 1 aromatic heterocycles. The number of nitrogens with zero attached hydrogens (tertiary/aromatic N) is 1. The minimum absolute atomic E-state index is 0.00625. The summed E-state index contributed by atoms with van der Waals surface area (Å²) < 4.78 is 0. The molecule has 2 amide bonds. The van der Waals surface area contributed by atoms with Gasteiger partial charge >= 0.3 is 0 Å². The van der Waals surface area contributed by atoms with Crippen molar-refractivity contribution >= 4 is 46.7 Å². The molecule has 2 rings (SSSR count). The second-order valence-electron chi connectivity index (χ2n) is 5.69. The molecule has 2 N–H and O–H groups in total. The molecule has 138 valence electrons. The average molecular weight is 392 g/mol. The van der Waals surface area contributed by atoms with Gasteiger partial charge in [0.1, 0.15) is 5.82 Å². The van der Waals surface area contributed by atoms with Gasteiger partial charge in [-0.1, -0.05) is 31.5 Å². The first-order valence-electron chi connectivity index (χ1n) is 8.50. The van der Waals surface area contributed by atoms with Crippen LogP contribution in [-0.2, 0) is 9.59 Å². The van der Waals surface area contributed by atoms with Crippen LogP contribution in [0.15, 0.2) is 47.5 Å². The SMILES string of the molecule is CCCC(=O)Nc1cccc(SC(CC)C(=O)Nc2ccc(Cl)cn2)c1. The highest BCUT2D eigenvalue weighted by Crippen LogP contribution is 2.28. The predicted octanol–water partition coefficient (Wildman–Crippen LogP) is 4.98. The van der Waals surface area contributed by atoms with Crippen molar-refractivity contribution in [2.45, 2.75) is 43.3 Å². The van der Waals surface area contributed by atoms with E-state index in [0.717, 1.165) is 17.0 Å². The van der Waals surface area contributed by atoms with Crippen LogP contribution in [0.5, 0.6) is 0 Å². The van der Waals surface area contributed by atoms with E-state index >= 15 is 0 Å². The van der Waals surface area contributed by atoms with Crippen molar-refractivity contribution in [3.63, 3.8) is 0 Å². The summed E-state index contributed by atoms with van der Waals surface area (Å²) in [7, 11) is 0. The largest absolute Gasteiger partial charge is 0.326 e. The lowest BCUT2D eigenvalue weighted by molar-refractivity contribution is -0.116. The Bertz CT molecular complexity index is 753. The highest BCUT2D eigenvalue weighted by Gasteiger charge is 2.18. The number of carbonyl (C=O) groups is 2. The molecule has 1 unspecified atom stereocenters. The normalized spacial score (nSPS) is 11.7. The molecular weight excluding hydrogens is 370 g/mol. The quantitative estimate of drug-likeness (QED) is 0.622. The van der Waals surface area contributed by atoms with Gasteiger partial charge in [-0.3, -0.25) is 9.59 Å². The van der Waals surface area contributed by atoms with Crippen molar-refractivity contribution in [1.82, 2.24) is 4.98 Å². The van der Waals surface area contributed by atoms with Crippen LogP contribution in [0.3, 0.4) is 0 Å². The zero-order valence-corrected chi connectivity index (χ0v) is 16.4. The minimum Gasteiger partial charge on any atom is -0.326 e. The number of rotatable bonds is 8. The third-order valence-electron chi connectivity index (χ3n) is 3.52. The number of halogens is 1. The van der Waals surface area contributed by atoms with E-state index in [4.69, 9.17) is 11.6 Å². The van der Waals surface area contributed by atoms with Gasteiger partial charge in [0.25, 0.3) is 0 Å². The predicted molar refractivity (Wildman–Crippen MR) is 108 cm³/mol. The number of nitrogens with one attached hydrogen (secondary N) is 2. The number of thioether (sulfide) groups is 1. The van der Waals surface area contributed by atoms with Crippen molar-refractivity contribution in [3.05, 3.63) is 47.6 Å². The van der Waals surface area contributed by atoms with E-state index in [1.807, 2.05) is 38.1 Å². The van der Waals surface area contributed by atoms with Crippen molar-refractivity contribution < 1.29 is 9.59 Å². The summed E-state index contributed by atoms with van der Waals surface area (Å²) >= 11 is 7.26. The standard InChI is InChI=1S/C19H22ClN3O2S/c1-3-6-18(24)22-14-7-5-8-15(11-14)26-16(4-2)19(25)23-17-10-9-13(20)12-21-17/h5,7-12,16H,3-4,6H2,1-2H3,(H,22,24)(H,21,23,25). The third kappa shape index (κ3) is 6.35. The molecule has 1 heterocycles. The number of aromatic nitrogens is 1.